The van der Waals surface area contributed by atoms with Gasteiger partial charge in [0, 0.05) is 30.9 Å². The fourth-order valence-corrected chi connectivity index (χ4v) is 3.87. The standard InChI is InChI=1S/C20H21N5O/c1-13-11-19(25-18(21-13)10-14(2)23-25)24-9-5-6-15(12-24)20-22-16-7-3-4-8-17(16)26-20/h3-4,7-8,10-11,15H,5-6,9,12H2,1-2H3. The van der Waals surface area contributed by atoms with Gasteiger partial charge in [-0.3, -0.25) is 0 Å². The van der Waals surface area contributed by atoms with E-state index in [-0.39, 0.29) is 5.92 Å². The summed E-state index contributed by atoms with van der Waals surface area (Å²) in [6.45, 7) is 5.93. The maximum Gasteiger partial charge on any atom is 0.200 e. The fourth-order valence-electron chi connectivity index (χ4n) is 3.87. The summed E-state index contributed by atoms with van der Waals surface area (Å²) in [6.07, 6.45) is 2.20. The molecule has 0 aliphatic carbocycles. The second-order valence-electron chi connectivity index (χ2n) is 7.12. The van der Waals surface area contributed by atoms with Crippen molar-refractivity contribution in [3.05, 3.63) is 53.7 Å². The number of fused-ring (bicyclic) bond motifs is 2. The smallest absolute Gasteiger partial charge is 0.200 e. The van der Waals surface area contributed by atoms with Crippen molar-refractivity contribution in [3.8, 4) is 0 Å². The van der Waals surface area contributed by atoms with Crippen LogP contribution in [-0.2, 0) is 0 Å². The summed E-state index contributed by atoms with van der Waals surface area (Å²) in [5, 5.41) is 4.64. The van der Waals surface area contributed by atoms with E-state index in [0.29, 0.717) is 0 Å². The zero-order chi connectivity index (χ0) is 17.7. The monoisotopic (exact) mass is 347 g/mol. The number of piperidine rings is 1. The van der Waals surface area contributed by atoms with Gasteiger partial charge in [0.05, 0.1) is 11.6 Å². The van der Waals surface area contributed by atoms with Crippen LogP contribution >= 0.6 is 0 Å². The molecule has 0 spiro atoms. The van der Waals surface area contributed by atoms with Crippen LogP contribution in [0.1, 0.15) is 36.0 Å². The second-order valence-corrected chi connectivity index (χ2v) is 7.12. The van der Waals surface area contributed by atoms with Crippen molar-refractivity contribution in [2.24, 2.45) is 0 Å². The second kappa shape index (κ2) is 5.83. The summed E-state index contributed by atoms with van der Waals surface area (Å²) in [5.41, 5.74) is 4.70. The van der Waals surface area contributed by atoms with Crippen LogP contribution in [0.2, 0.25) is 0 Å². The Hall–Kier alpha value is -2.89. The predicted octanol–water partition coefficient (Wildman–Crippen LogP) is 3.87. The Morgan fingerprint density at radius 2 is 1.96 bits per heavy atom. The van der Waals surface area contributed by atoms with Crippen molar-refractivity contribution < 1.29 is 4.42 Å². The molecule has 1 unspecified atom stereocenters. The highest BCUT2D eigenvalue weighted by atomic mass is 16.3. The molecule has 0 amide bonds. The molecule has 26 heavy (non-hydrogen) atoms. The minimum atomic E-state index is 0.288. The number of aryl methyl sites for hydroxylation is 2. The first kappa shape index (κ1) is 15.4. The molecule has 4 heterocycles. The topological polar surface area (TPSA) is 59.5 Å². The van der Waals surface area contributed by atoms with Gasteiger partial charge in [0.15, 0.2) is 17.1 Å². The molecular formula is C20H21N5O. The van der Waals surface area contributed by atoms with Crippen LogP contribution in [0.4, 0.5) is 5.82 Å². The minimum Gasteiger partial charge on any atom is -0.440 e. The highest BCUT2D eigenvalue weighted by Gasteiger charge is 2.27. The summed E-state index contributed by atoms with van der Waals surface area (Å²) in [7, 11) is 0. The van der Waals surface area contributed by atoms with Crippen LogP contribution in [0.5, 0.6) is 0 Å². The van der Waals surface area contributed by atoms with Crippen molar-refractivity contribution in [3.63, 3.8) is 0 Å². The van der Waals surface area contributed by atoms with Gasteiger partial charge < -0.3 is 9.32 Å². The predicted molar refractivity (Wildman–Crippen MR) is 101 cm³/mol. The maximum atomic E-state index is 6.03. The molecule has 0 bridgehead atoms. The van der Waals surface area contributed by atoms with Crippen molar-refractivity contribution in [2.45, 2.75) is 32.6 Å². The highest BCUT2D eigenvalue weighted by Crippen LogP contribution is 2.31. The van der Waals surface area contributed by atoms with E-state index in [9.17, 15) is 0 Å². The van der Waals surface area contributed by atoms with Gasteiger partial charge in [0.1, 0.15) is 11.3 Å². The third kappa shape index (κ3) is 2.53. The Morgan fingerprint density at radius 1 is 1.08 bits per heavy atom. The summed E-state index contributed by atoms with van der Waals surface area (Å²) >= 11 is 0. The molecular weight excluding hydrogens is 326 g/mol. The van der Waals surface area contributed by atoms with Crippen LogP contribution in [0.3, 0.4) is 0 Å². The quantitative estimate of drug-likeness (QED) is 0.551. The third-order valence-corrected chi connectivity index (χ3v) is 5.06. The lowest BCUT2D eigenvalue weighted by Gasteiger charge is -2.33. The van der Waals surface area contributed by atoms with Crippen molar-refractivity contribution in [2.75, 3.05) is 18.0 Å². The molecule has 0 N–H and O–H groups in total. The molecule has 1 aliphatic heterocycles. The number of nitrogens with zero attached hydrogens (tertiary/aromatic N) is 5. The normalized spacial score (nSPS) is 18.1. The first-order chi connectivity index (χ1) is 12.7. The molecule has 6 nitrogen and oxygen atoms in total. The number of para-hydroxylation sites is 2. The van der Waals surface area contributed by atoms with E-state index in [1.807, 2.05) is 48.7 Å². The molecule has 6 heteroatoms. The Balaban J connectivity index is 1.51. The lowest BCUT2D eigenvalue weighted by Crippen LogP contribution is -2.36. The SMILES string of the molecule is Cc1cc(N2CCCC(c3nc4ccccc4o3)C2)n2nc(C)cc2n1. The summed E-state index contributed by atoms with van der Waals surface area (Å²) in [4.78, 5) is 11.7. The number of aromatic nitrogens is 4. The lowest BCUT2D eigenvalue weighted by molar-refractivity contribution is 0.411. The largest absolute Gasteiger partial charge is 0.440 e. The number of rotatable bonds is 2. The van der Waals surface area contributed by atoms with E-state index >= 15 is 0 Å². The summed E-state index contributed by atoms with van der Waals surface area (Å²) < 4.78 is 7.99. The van der Waals surface area contributed by atoms with Crippen molar-refractivity contribution in [1.82, 2.24) is 19.6 Å². The van der Waals surface area contributed by atoms with Gasteiger partial charge in [-0.05, 0) is 38.8 Å². The van der Waals surface area contributed by atoms with Crippen molar-refractivity contribution >= 4 is 22.6 Å². The molecule has 132 valence electrons. The minimum absolute atomic E-state index is 0.288. The Bertz CT molecular complexity index is 1060. The maximum absolute atomic E-state index is 6.03. The molecule has 4 aromatic rings. The third-order valence-electron chi connectivity index (χ3n) is 5.06. The van der Waals surface area contributed by atoms with Crippen LogP contribution in [0.25, 0.3) is 16.7 Å². The number of hydrogen-bond acceptors (Lipinski definition) is 5. The average molecular weight is 347 g/mol. The zero-order valence-electron chi connectivity index (χ0n) is 15.0. The fraction of sp³-hybridized carbons (Fsp3) is 0.350. The van der Waals surface area contributed by atoms with Crippen molar-refractivity contribution in [1.29, 1.82) is 0 Å². The van der Waals surface area contributed by atoms with Crippen LogP contribution in [0, 0.1) is 13.8 Å². The molecule has 3 aromatic heterocycles. The van der Waals surface area contributed by atoms with Gasteiger partial charge in [0.2, 0.25) is 0 Å². The molecule has 0 radical (unpaired) electrons. The van der Waals surface area contributed by atoms with Gasteiger partial charge in [0.25, 0.3) is 0 Å². The Kier molecular flexibility index (Phi) is 3.45. The molecule has 5 rings (SSSR count). The van der Waals surface area contributed by atoms with Gasteiger partial charge >= 0.3 is 0 Å². The van der Waals surface area contributed by atoms with Gasteiger partial charge in [-0.25, -0.2) is 9.97 Å². The first-order valence-electron chi connectivity index (χ1n) is 9.12. The van der Waals surface area contributed by atoms with E-state index in [2.05, 4.69) is 21.0 Å². The van der Waals surface area contributed by atoms with E-state index in [1.54, 1.807) is 0 Å². The summed E-state index contributed by atoms with van der Waals surface area (Å²) in [6, 6.07) is 12.1. The lowest BCUT2D eigenvalue weighted by atomic mass is 9.98. The van der Waals surface area contributed by atoms with E-state index in [0.717, 1.165) is 65.8 Å². The molecule has 1 saturated heterocycles. The van der Waals surface area contributed by atoms with E-state index in [4.69, 9.17) is 9.40 Å². The zero-order valence-corrected chi connectivity index (χ0v) is 15.0. The van der Waals surface area contributed by atoms with Crippen LogP contribution in [0.15, 0.2) is 40.8 Å². The number of benzene rings is 1. The highest BCUT2D eigenvalue weighted by molar-refractivity contribution is 5.72. The average Bonchev–Trinajstić information content (AvgIpc) is 3.23. The number of anilines is 1. The number of hydrogen-bond donors (Lipinski definition) is 0. The van der Waals surface area contributed by atoms with E-state index < -0.39 is 0 Å². The molecule has 0 saturated carbocycles. The Morgan fingerprint density at radius 3 is 2.85 bits per heavy atom. The summed E-state index contributed by atoms with van der Waals surface area (Å²) in [5.74, 6) is 2.23. The van der Waals surface area contributed by atoms with Crippen LogP contribution in [-0.4, -0.2) is 32.7 Å². The molecule has 1 atom stereocenters. The molecule has 1 fully saturated rings. The van der Waals surface area contributed by atoms with E-state index in [1.165, 1.54) is 0 Å². The Labute approximate surface area is 151 Å². The van der Waals surface area contributed by atoms with Gasteiger partial charge in [-0.2, -0.15) is 9.61 Å². The van der Waals surface area contributed by atoms with Gasteiger partial charge in [-0.1, -0.05) is 12.1 Å². The molecule has 1 aliphatic rings. The first-order valence-corrected chi connectivity index (χ1v) is 9.12. The van der Waals surface area contributed by atoms with Crippen LogP contribution < -0.4 is 4.90 Å². The van der Waals surface area contributed by atoms with Gasteiger partial charge in [-0.15, -0.1) is 0 Å². The molecule has 1 aromatic carbocycles. The number of oxazole rings is 1.